The van der Waals surface area contributed by atoms with Gasteiger partial charge < -0.3 is 10.1 Å². The number of nitrogens with zero attached hydrogens (tertiary/aromatic N) is 5. The fourth-order valence-electron chi connectivity index (χ4n) is 2.18. The van der Waals surface area contributed by atoms with Crippen LogP contribution in [0.5, 0.6) is 0 Å². The lowest BCUT2D eigenvalue weighted by Crippen LogP contribution is -1.99. The summed E-state index contributed by atoms with van der Waals surface area (Å²) < 4.78 is 1.27. The Morgan fingerprint density at radius 1 is 1.24 bits per heavy atom. The van der Waals surface area contributed by atoms with Crippen molar-refractivity contribution < 1.29 is 4.92 Å². The monoisotopic (exact) mass is 374 g/mol. The average molecular weight is 374 g/mol. The number of hydrogen-bond acceptors (Lipinski definition) is 7. The summed E-state index contributed by atoms with van der Waals surface area (Å²) in [5, 5.41) is 16.0. The zero-order valence-electron chi connectivity index (χ0n) is 13.6. The maximum Gasteiger partial charge on any atom is 0.368 e. The third-order valence-corrected chi connectivity index (χ3v) is 5.81. The number of thioether (sulfide) groups is 2. The summed E-state index contributed by atoms with van der Waals surface area (Å²) in [6.45, 7) is 5.94. The van der Waals surface area contributed by atoms with Crippen LogP contribution in [0.3, 0.4) is 0 Å². The largest absolute Gasteiger partial charge is 0.368 e. The van der Waals surface area contributed by atoms with Crippen LogP contribution in [0.1, 0.15) is 17.7 Å². The van der Waals surface area contributed by atoms with Crippen LogP contribution < -0.4 is 0 Å². The van der Waals surface area contributed by atoms with Gasteiger partial charge >= 0.3 is 5.82 Å². The lowest BCUT2D eigenvalue weighted by molar-refractivity contribution is -0.391. The van der Waals surface area contributed by atoms with Gasteiger partial charge in [0, 0.05) is 28.6 Å². The van der Waals surface area contributed by atoms with Gasteiger partial charge in [0.05, 0.1) is 0 Å². The number of nitro groups is 1. The molecule has 0 saturated heterocycles. The molecule has 3 aromatic heterocycles. The number of imidazole rings is 1. The van der Waals surface area contributed by atoms with Crippen molar-refractivity contribution in [3.05, 3.63) is 58.9 Å². The maximum atomic E-state index is 11.0. The number of hydrogen-bond donors (Lipinski definition) is 0. The van der Waals surface area contributed by atoms with Gasteiger partial charge in [0.25, 0.3) is 0 Å². The zero-order chi connectivity index (χ0) is 17.8. The molecule has 3 rings (SSSR count). The van der Waals surface area contributed by atoms with Gasteiger partial charge in [-0.15, -0.1) is 23.5 Å². The average Bonchev–Trinajstić information content (AvgIpc) is 3.01. The van der Waals surface area contributed by atoms with Crippen molar-refractivity contribution in [1.29, 1.82) is 0 Å². The van der Waals surface area contributed by atoms with Crippen LogP contribution >= 0.6 is 23.5 Å². The van der Waals surface area contributed by atoms with E-state index in [0.29, 0.717) is 5.65 Å². The predicted molar refractivity (Wildman–Crippen MR) is 99.1 cm³/mol. The lowest BCUT2D eigenvalue weighted by Gasteiger charge is -2.06. The second kappa shape index (κ2) is 7.83. The van der Waals surface area contributed by atoms with Crippen molar-refractivity contribution >= 4 is 35.0 Å². The quantitative estimate of drug-likeness (QED) is 0.269. The van der Waals surface area contributed by atoms with Crippen LogP contribution in [0.15, 0.2) is 40.5 Å². The van der Waals surface area contributed by atoms with E-state index in [-0.39, 0.29) is 5.82 Å². The lowest BCUT2D eigenvalue weighted by atomic mass is 10.2. The molecule has 1 radical (unpaired) electrons. The van der Waals surface area contributed by atoms with Gasteiger partial charge in [-0.05, 0) is 48.6 Å². The molecule has 7 nitrogen and oxygen atoms in total. The molecule has 0 bridgehead atoms. The molecule has 0 saturated carbocycles. The van der Waals surface area contributed by atoms with Gasteiger partial charge in [0.2, 0.25) is 5.65 Å². The molecule has 0 fully saturated rings. The highest BCUT2D eigenvalue weighted by Crippen LogP contribution is 2.25. The van der Waals surface area contributed by atoms with Crippen molar-refractivity contribution in [2.45, 2.75) is 23.3 Å². The minimum Gasteiger partial charge on any atom is -0.358 e. The smallest absolute Gasteiger partial charge is 0.358 e. The molecule has 0 atom stereocenters. The molecule has 0 unspecified atom stereocenters. The van der Waals surface area contributed by atoms with E-state index in [4.69, 9.17) is 0 Å². The Balaban J connectivity index is 1.54. The molecule has 0 amide bonds. The summed E-state index contributed by atoms with van der Waals surface area (Å²) in [6.07, 6.45) is 4.00. The summed E-state index contributed by atoms with van der Waals surface area (Å²) in [5.74, 6) is 1.74. The number of fused-ring (bicyclic) bond motifs is 1. The van der Waals surface area contributed by atoms with Gasteiger partial charge in [0.15, 0.2) is 0 Å². The standard InChI is InChI=1S/C16H16N5O2S2/c1-11-12(2)17-7-6-13(11)24-8-3-9-25-15-5-4-14-18-10-16(21(22)23)20(14)19-15/h4-7,10H,2-3,8-9H2,1H3. The fraction of sp³-hybridized carbons (Fsp3) is 0.250. The highest BCUT2D eigenvalue weighted by Gasteiger charge is 2.16. The van der Waals surface area contributed by atoms with Crippen molar-refractivity contribution in [2.75, 3.05) is 11.5 Å². The Hall–Kier alpha value is -2.13. The second-order valence-corrected chi connectivity index (χ2v) is 7.50. The van der Waals surface area contributed by atoms with E-state index in [1.807, 2.05) is 19.1 Å². The Labute approximate surface area is 153 Å². The Bertz CT molecular complexity index is 913. The Morgan fingerprint density at radius 3 is 2.84 bits per heavy atom. The predicted octanol–water partition coefficient (Wildman–Crippen LogP) is 3.80. The van der Waals surface area contributed by atoms with Crippen LogP contribution in [-0.2, 0) is 0 Å². The minimum atomic E-state index is -0.480. The highest BCUT2D eigenvalue weighted by molar-refractivity contribution is 8.00. The van der Waals surface area contributed by atoms with E-state index in [1.54, 1.807) is 35.8 Å². The first-order valence-corrected chi connectivity index (χ1v) is 9.55. The normalized spacial score (nSPS) is 11.1. The third kappa shape index (κ3) is 4.10. The first-order valence-electron chi connectivity index (χ1n) is 7.58. The molecule has 129 valence electrons. The molecular weight excluding hydrogens is 358 g/mol. The molecule has 3 heterocycles. The third-order valence-electron chi connectivity index (χ3n) is 3.56. The van der Waals surface area contributed by atoms with E-state index < -0.39 is 4.92 Å². The fourth-order valence-corrected chi connectivity index (χ4v) is 4.16. The Kier molecular flexibility index (Phi) is 5.54. The van der Waals surface area contributed by atoms with E-state index in [1.165, 1.54) is 15.6 Å². The highest BCUT2D eigenvalue weighted by atomic mass is 32.2. The maximum absolute atomic E-state index is 11.0. The number of rotatable bonds is 7. The van der Waals surface area contributed by atoms with Crippen molar-refractivity contribution in [2.24, 2.45) is 0 Å². The van der Waals surface area contributed by atoms with Crippen molar-refractivity contribution in [3.8, 4) is 0 Å². The van der Waals surface area contributed by atoms with Crippen LogP contribution in [0, 0.1) is 24.0 Å². The molecular formula is C16H16N5O2S2. The van der Waals surface area contributed by atoms with Gasteiger partial charge in [-0.1, -0.05) is 9.61 Å². The van der Waals surface area contributed by atoms with Crippen molar-refractivity contribution in [3.63, 3.8) is 0 Å². The van der Waals surface area contributed by atoms with Crippen LogP contribution in [0.2, 0.25) is 0 Å². The van der Waals surface area contributed by atoms with Gasteiger partial charge in [0.1, 0.15) is 11.2 Å². The zero-order valence-corrected chi connectivity index (χ0v) is 15.2. The summed E-state index contributed by atoms with van der Waals surface area (Å²) in [6, 6.07) is 5.59. The molecule has 0 N–H and O–H groups in total. The van der Waals surface area contributed by atoms with E-state index in [0.717, 1.165) is 34.2 Å². The summed E-state index contributed by atoms with van der Waals surface area (Å²) in [4.78, 5) is 19.8. The van der Waals surface area contributed by atoms with Gasteiger partial charge in [-0.25, -0.2) is 4.98 Å². The molecule has 0 aliphatic carbocycles. The Morgan fingerprint density at radius 2 is 2.04 bits per heavy atom. The topological polar surface area (TPSA) is 86.2 Å². The number of pyridine rings is 1. The molecule has 0 aromatic carbocycles. The van der Waals surface area contributed by atoms with Crippen molar-refractivity contribution in [1.82, 2.24) is 19.6 Å². The SMILES string of the molecule is [CH2]c1nccc(SCCCSc2ccc3ncc([N+](=O)[O-])n3n2)c1C. The second-order valence-electron chi connectivity index (χ2n) is 5.25. The molecule has 0 spiro atoms. The molecule has 0 aliphatic rings. The first kappa shape index (κ1) is 17.7. The number of aromatic nitrogens is 4. The summed E-state index contributed by atoms with van der Waals surface area (Å²) in [7, 11) is 0. The van der Waals surface area contributed by atoms with Gasteiger partial charge in [-0.2, -0.15) is 0 Å². The van der Waals surface area contributed by atoms with E-state index in [9.17, 15) is 10.1 Å². The van der Waals surface area contributed by atoms with Crippen LogP contribution in [0.4, 0.5) is 5.82 Å². The molecule has 25 heavy (non-hydrogen) atoms. The minimum absolute atomic E-state index is 0.120. The molecule has 9 heteroatoms. The van der Waals surface area contributed by atoms with Crippen LogP contribution in [-0.4, -0.2) is 36.0 Å². The van der Waals surface area contributed by atoms with Crippen LogP contribution in [0.25, 0.3) is 5.65 Å². The van der Waals surface area contributed by atoms with E-state index in [2.05, 4.69) is 22.0 Å². The van der Waals surface area contributed by atoms with Gasteiger partial charge in [-0.3, -0.25) is 4.98 Å². The van der Waals surface area contributed by atoms with E-state index >= 15 is 0 Å². The summed E-state index contributed by atoms with van der Waals surface area (Å²) >= 11 is 3.37. The first-order chi connectivity index (χ1) is 12.1. The summed E-state index contributed by atoms with van der Waals surface area (Å²) in [5.41, 5.74) is 2.42. The molecule has 3 aromatic rings. The molecule has 0 aliphatic heterocycles.